The van der Waals surface area contributed by atoms with Gasteiger partial charge in [-0.15, -0.1) is 0 Å². The van der Waals surface area contributed by atoms with Crippen LogP contribution in [-0.4, -0.2) is 34.1 Å². The fourth-order valence-corrected chi connectivity index (χ4v) is 3.45. The second kappa shape index (κ2) is 6.52. The molecule has 2 aliphatic rings. The van der Waals surface area contributed by atoms with Crippen molar-refractivity contribution < 1.29 is 14.3 Å². The second-order valence-corrected chi connectivity index (χ2v) is 7.03. The Balaban J connectivity index is 1.48. The van der Waals surface area contributed by atoms with Gasteiger partial charge in [-0.3, -0.25) is 4.98 Å². The van der Waals surface area contributed by atoms with Gasteiger partial charge in [0.05, 0.1) is 12.2 Å². The largest absolute Gasteiger partial charge is 0.477 e. The van der Waals surface area contributed by atoms with Crippen molar-refractivity contribution in [1.29, 1.82) is 0 Å². The highest BCUT2D eigenvalue weighted by atomic mass is 16.5. The van der Waals surface area contributed by atoms with Crippen LogP contribution in [0.1, 0.15) is 35.5 Å². The summed E-state index contributed by atoms with van der Waals surface area (Å²) in [6.45, 7) is 6.88. The van der Waals surface area contributed by atoms with Crippen LogP contribution in [0.5, 0.6) is 5.88 Å². The zero-order valence-electron chi connectivity index (χ0n) is 15.1. The molecule has 0 spiro atoms. The third-order valence-corrected chi connectivity index (χ3v) is 5.13. The lowest BCUT2D eigenvalue weighted by molar-refractivity contribution is -0.134. The third kappa shape index (κ3) is 3.19. The summed E-state index contributed by atoms with van der Waals surface area (Å²) in [4.78, 5) is 24.6. The summed E-state index contributed by atoms with van der Waals surface area (Å²) in [5.74, 6) is 2.15. The summed E-state index contributed by atoms with van der Waals surface area (Å²) in [6, 6.07) is 4.20. The molecule has 1 aliphatic heterocycles. The minimum atomic E-state index is -0.340. The number of nitrogens with zero attached hydrogens (tertiary/aromatic N) is 3. The zero-order valence-corrected chi connectivity index (χ0v) is 15.1. The predicted molar refractivity (Wildman–Crippen MR) is 95.6 cm³/mol. The topological polar surface area (TPSA) is 74.2 Å². The highest BCUT2D eigenvalue weighted by molar-refractivity contribution is 5.96. The van der Waals surface area contributed by atoms with Crippen LogP contribution in [-0.2, 0) is 9.53 Å². The van der Waals surface area contributed by atoms with Gasteiger partial charge in [0.2, 0.25) is 5.88 Å². The van der Waals surface area contributed by atoms with Gasteiger partial charge in [0.25, 0.3) is 0 Å². The lowest BCUT2D eigenvalue weighted by atomic mass is 10.1. The number of hydrogen-bond donors (Lipinski definition) is 0. The van der Waals surface area contributed by atoms with E-state index in [4.69, 9.17) is 9.47 Å². The monoisotopic (exact) mass is 351 g/mol. The molecule has 2 aromatic rings. The molecule has 0 aromatic carbocycles. The molecule has 3 heterocycles. The molecule has 1 aliphatic carbocycles. The fraction of sp³-hybridized carbons (Fsp3) is 0.400. The van der Waals surface area contributed by atoms with E-state index in [0.717, 1.165) is 22.4 Å². The molecule has 1 saturated carbocycles. The average Bonchev–Trinajstić information content (AvgIpc) is 3.05. The summed E-state index contributed by atoms with van der Waals surface area (Å²) >= 11 is 0. The van der Waals surface area contributed by atoms with Gasteiger partial charge >= 0.3 is 5.97 Å². The van der Waals surface area contributed by atoms with Gasteiger partial charge in [-0.2, -0.15) is 4.98 Å². The Morgan fingerprint density at radius 2 is 2.08 bits per heavy atom. The van der Waals surface area contributed by atoms with E-state index >= 15 is 0 Å². The molecule has 0 N–H and O–H groups in total. The molecule has 26 heavy (non-hydrogen) atoms. The summed E-state index contributed by atoms with van der Waals surface area (Å²) in [6.07, 6.45) is 5.08. The van der Waals surface area contributed by atoms with E-state index in [1.54, 1.807) is 6.20 Å². The number of aromatic nitrogens is 3. The highest BCUT2D eigenvalue weighted by Gasteiger charge is 2.49. The van der Waals surface area contributed by atoms with Crippen LogP contribution in [0.4, 0.5) is 0 Å². The molecular weight excluding hydrogens is 330 g/mol. The first-order valence-electron chi connectivity index (χ1n) is 8.79. The molecular formula is C20H21N3O3. The first-order chi connectivity index (χ1) is 12.5. The smallest absolute Gasteiger partial charge is 0.331 e. The molecule has 3 atom stereocenters. The summed E-state index contributed by atoms with van der Waals surface area (Å²) in [5.41, 5.74) is 3.76. The van der Waals surface area contributed by atoms with E-state index in [1.807, 2.05) is 20.0 Å². The van der Waals surface area contributed by atoms with Crippen LogP contribution in [0.15, 0.2) is 30.6 Å². The molecule has 0 radical (unpaired) electrons. The van der Waals surface area contributed by atoms with Crippen LogP contribution in [0.2, 0.25) is 0 Å². The Morgan fingerprint density at radius 1 is 1.23 bits per heavy atom. The number of carbonyl (C=O) groups excluding carboxylic acids is 1. The van der Waals surface area contributed by atoms with Crippen LogP contribution < -0.4 is 4.74 Å². The van der Waals surface area contributed by atoms with Crippen LogP contribution >= 0.6 is 0 Å². The maximum Gasteiger partial charge on any atom is 0.331 e. The average molecular weight is 351 g/mol. The summed E-state index contributed by atoms with van der Waals surface area (Å²) < 4.78 is 11.0. The summed E-state index contributed by atoms with van der Waals surface area (Å²) in [7, 11) is 0. The molecule has 4 rings (SSSR count). The molecule has 0 bridgehead atoms. The lowest BCUT2D eigenvalue weighted by Gasteiger charge is -2.11. The number of pyridine rings is 1. The second-order valence-electron chi connectivity index (χ2n) is 7.03. The third-order valence-electron chi connectivity index (χ3n) is 5.13. The first kappa shape index (κ1) is 16.7. The van der Waals surface area contributed by atoms with E-state index in [9.17, 15) is 4.79 Å². The SMILES string of the molecule is Cc1ccc(C2C(COc3nc(C)ncc3C3=CC(=O)OC3)[C@H]2C)nc1. The Morgan fingerprint density at radius 3 is 2.77 bits per heavy atom. The van der Waals surface area contributed by atoms with Gasteiger partial charge in [-0.1, -0.05) is 13.0 Å². The Bertz CT molecular complexity index is 876. The van der Waals surface area contributed by atoms with Crippen LogP contribution in [0.3, 0.4) is 0 Å². The standard InChI is InChI=1S/C20H21N3O3/c1-11-4-5-17(22-7-11)19-12(2)16(19)10-26-20-15(8-21-13(3)23-20)14-6-18(24)25-9-14/h4-8,12,16,19H,9-10H2,1-3H3/t12-,16?,19?/m1/s1. The lowest BCUT2D eigenvalue weighted by Crippen LogP contribution is -2.07. The number of aryl methyl sites for hydroxylation is 2. The Hall–Kier alpha value is -2.76. The maximum atomic E-state index is 11.4. The van der Waals surface area contributed by atoms with Gasteiger partial charge < -0.3 is 9.47 Å². The van der Waals surface area contributed by atoms with Crippen molar-refractivity contribution in [3.05, 3.63) is 53.2 Å². The molecule has 134 valence electrons. The Labute approximate surface area is 152 Å². The van der Waals surface area contributed by atoms with Crippen LogP contribution in [0, 0.1) is 25.7 Å². The minimum absolute atomic E-state index is 0.233. The predicted octanol–water partition coefficient (Wildman–Crippen LogP) is 2.86. The van der Waals surface area contributed by atoms with Gasteiger partial charge in [-0.25, -0.2) is 9.78 Å². The maximum absolute atomic E-state index is 11.4. The number of hydrogen-bond acceptors (Lipinski definition) is 6. The van der Waals surface area contributed by atoms with Gasteiger partial charge in [0.15, 0.2) is 0 Å². The van der Waals surface area contributed by atoms with Crippen molar-refractivity contribution in [1.82, 2.24) is 15.0 Å². The molecule has 1 fully saturated rings. The van der Waals surface area contributed by atoms with Crippen molar-refractivity contribution in [2.24, 2.45) is 11.8 Å². The quantitative estimate of drug-likeness (QED) is 0.771. The van der Waals surface area contributed by atoms with Crippen molar-refractivity contribution in [2.75, 3.05) is 13.2 Å². The first-order valence-corrected chi connectivity index (χ1v) is 8.79. The van der Waals surface area contributed by atoms with E-state index in [2.05, 4.69) is 34.0 Å². The van der Waals surface area contributed by atoms with Crippen molar-refractivity contribution in [3.63, 3.8) is 0 Å². The number of carbonyl (C=O) groups is 1. The van der Waals surface area contributed by atoms with E-state index in [0.29, 0.717) is 36.1 Å². The summed E-state index contributed by atoms with van der Waals surface area (Å²) in [5, 5.41) is 0. The number of cyclic esters (lactones) is 1. The minimum Gasteiger partial charge on any atom is -0.477 e. The molecule has 0 amide bonds. The van der Waals surface area contributed by atoms with Gasteiger partial charge in [0, 0.05) is 41.6 Å². The zero-order chi connectivity index (χ0) is 18.3. The normalized spacial score (nSPS) is 24.2. The molecule has 6 nitrogen and oxygen atoms in total. The van der Waals surface area contributed by atoms with Crippen LogP contribution in [0.25, 0.3) is 5.57 Å². The molecule has 2 unspecified atom stereocenters. The highest BCUT2D eigenvalue weighted by Crippen LogP contribution is 2.53. The van der Waals surface area contributed by atoms with Gasteiger partial charge in [0.1, 0.15) is 12.4 Å². The van der Waals surface area contributed by atoms with Crippen molar-refractivity contribution >= 4 is 11.5 Å². The van der Waals surface area contributed by atoms with Crippen molar-refractivity contribution in [2.45, 2.75) is 26.7 Å². The number of esters is 1. The fourth-order valence-electron chi connectivity index (χ4n) is 3.45. The molecule has 2 aromatic heterocycles. The van der Waals surface area contributed by atoms with E-state index in [1.165, 1.54) is 6.08 Å². The van der Waals surface area contributed by atoms with E-state index < -0.39 is 0 Å². The Kier molecular flexibility index (Phi) is 4.18. The van der Waals surface area contributed by atoms with E-state index in [-0.39, 0.29) is 12.6 Å². The van der Waals surface area contributed by atoms with Gasteiger partial charge in [-0.05, 0) is 31.4 Å². The molecule has 6 heteroatoms. The molecule has 0 saturated heterocycles. The number of ether oxygens (including phenoxy) is 2. The number of rotatable bonds is 5. The van der Waals surface area contributed by atoms with Crippen molar-refractivity contribution in [3.8, 4) is 5.88 Å².